The molecule has 19 heavy (non-hydrogen) atoms. The molecule has 2 unspecified atom stereocenters. The van der Waals surface area contributed by atoms with Crippen molar-refractivity contribution >= 4 is 5.91 Å². The first kappa shape index (κ1) is 13.4. The molecule has 0 fully saturated rings. The molecule has 4 heteroatoms. The topological polar surface area (TPSA) is 62.5 Å². The van der Waals surface area contributed by atoms with Crippen LogP contribution in [0.3, 0.4) is 0 Å². The van der Waals surface area contributed by atoms with Crippen molar-refractivity contribution in [1.29, 1.82) is 0 Å². The van der Waals surface area contributed by atoms with Gasteiger partial charge in [0.2, 0.25) is 0 Å². The van der Waals surface area contributed by atoms with Crippen molar-refractivity contribution in [3.05, 3.63) is 60.1 Å². The second-order valence-corrected chi connectivity index (χ2v) is 4.51. The van der Waals surface area contributed by atoms with Gasteiger partial charge in [-0.2, -0.15) is 0 Å². The first-order valence-corrected chi connectivity index (χ1v) is 6.24. The minimum absolute atomic E-state index is 0.139. The maximum atomic E-state index is 11.9. The van der Waals surface area contributed by atoms with Gasteiger partial charge in [0.05, 0.1) is 6.26 Å². The summed E-state index contributed by atoms with van der Waals surface area (Å²) in [7, 11) is 0. The average Bonchev–Trinajstić information content (AvgIpc) is 2.93. The highest BCUT2D eigenvalue weighted by Gasteiger charge is 2.16. The number of aliphatic hydroxyl groups excluding tert-OH is 1. The molecule has 2 atom stereocenters. The lowest BCUT2D eigenvalue weighted by molar-refractivity contribution is 0.0903. The summed E-state index contributed by atoms with van der Waals surface area (Å²) in [5, 5.41) is 12.8. The zero-order valence-electron chi connectivity index (χ0n) is 10.7. The highest BCUT2D eigenvalue weighted by Crippen LogP contribution is 2.18. The number of hydrogen-bond donors (Lipinski definition) is 2. The molecule has 0 aliphatic rings. The summed E-state index contributed by atoms with van der Waals surface area (Å²) in [6, 6.07) is 12.3. The number of carbonyl (C=O) groups is 1. The van der Waals surface area contributed by atoms with Crippen LogP contribution < -0.4 is 5.32 Å². The van der Waals surface area contributed by atoms with E-state index >= 15 is 0 Å². The second kappa shape index (κ2) is 6.20. The third-order valence-corrected chi connectivity index (χ3v) is 2.86. The highest BCUT2D eigenvalue weighted by molar-refractivity contribution is 5.94. The third-order valence-electron chi connectivity index (χ3n) is 2.86. The Morgan fingerprint density at radius 1 is 1.26 bits per heavy atom. The Labute approximate surface area is 112 Å². The standard InChI is InChI=1S/C15H17NO3/c1-11(10-13(17)14-8-5-9-19-14)16-15(18)12-6-3-2-4-7-12/h2-9,11,13,17H,10H2,1H3,(H,16,18). The van der Waals surface area contributed by atoms with Gasteiger partial charge in [-0.1, -0.05) is 18.2 Å². The van der Waals surface area contributed by atoms with Crippen molar-refractivity contribution in [1.82, 2.24) is 5.32 Å². The van der Waals surface area contributed by atoms with Gasteiger partial charge in [0.1, 0.15) is 11.9 Å². The number of hydrogen-bond acceptors (Lipinski definition) is 3. The summed E-state index contributed by atoms with van der Waals surface area (Å²) in [6.45, 7) is 1.85. The van der Waals surface area contributed by atoms with Crippen LogP contribution in [0.4, 0.5) is 0 Å². The quantitative estimate of drug-likeness (QED) is 0.867. The Kier molecular flexibility index (Phi) is 4.36. The zero-order chi connectivity index (χ0) is 13.7. The fourth-order valence-electron chi connectivity index (χ4n) is 1.89. The highest BCUT2D eigenvalue weighted by atomic mass is 16.4. The number of furan rings is 1. The van der Waals surface area contributed by atoms with E-state index in [2.05, 4.69) is 5.32 Å². The molecule has 0 aliphatic carbocycles. The largest absolute Gasteiger partial charge is 0.467 e. The van der Waals surface area contributed by atoms with Gasteiger partial charge in [0, 0.05) is 18.0 Å². The van der Waals surface area contributed by atoms with Crippen LogP contribution in [0.5, 0.6) is 0 Å². The fraction of sp³-hybridized carbons (Fsp3) is 0.267. The zero-order valence-corrected chi connectivity index (χ0v) is 10.7. The third kappa shape index (κ3) is 3.69. The minimum Gasteiger partial charge on any atom is -0.467 e. The van der Waals surface area contributed by atoms with E-state index in [-0.39, 0.29) is 11.9 Å². The van der Waals surface area contributed by atoms with Gasteiger partial charge in [-0.3, -0.25) is 4.79 Å². The van der Waals surface area contributed by atoms with Crippen LogP contribution in [0.25, 0.3) is 0 Å². The Hall–Kier alpha value is -2.07. The van der Waals surface area contributed by atoms with Gasteiger partial charge in [-0.05, 0) is 31.2 Å². The molecule has 2 N–H and O–H groups in total. The van der Waals surface area contributed by atoms with E-state index in [0.29, 0.717) is 17.7 Å². The summed E-state index contributed by atoms with van der Waals surface area (Å²) in [5.74, 6) is 0.376. The van der Waals surface area contributed by atoms with Crippen LogP contribution in [0, 0.1) is 0 Å². The van der Waals surface area contributed by atoms with Gasteiger partial charge in [0.25, 0.3) is 5.91 Å². The molecule has 0 saturated carbocycles. The van der Waals surface area contributed by atoms with E-state index in [9.17, 15) is 9.90 Å². The number of rotatable bonds is 5. The van der Waals surface area contributed by atoms with Gasteiger partial charge in [-0.15, -0.1) is 0 Å². The molecule has 0 bridgehead atoms. The van der Waals surface area contributed by atoms with Crippen LogP contribution in [0.1, 0.15) is 35.6 Å². The monoisotopic (exact) mass is 259 g/mol. The maximum absolute atomic E-state index is 11.9. The number of carbonyl (C=O) groups excluding carboxylic acids is 1. The summed E-state index contributed by atoms with van der Waals surface area (Å²) < 4.78 is 5.12. The van der Waals surface area contributed by atoms with Crippen LogP contribution in [0.2, 0.25) is 0 Å². The SMILES string of the molecule is CC(CC(O)c1ccco1)NC(=O)c1ccccc1. The molecule has 2 aromatic rings. The number of amides is 1. The first-order valence-electron chi connectivity index (χ1n) is 6.24. The van der Waals surface area contributed by atoms with Crippen LogP contribution in [-0.4, -0.2) is 17.1 Å². The van der Waals surface area contributed by atoms with E-state index in [0.717, 1.165) is 0 Å². The maximum Gasteiger partial charge on any atom is 0.251 e. The molecule has 100 valence electrons. The molecule has 2 rings (SSSR count). The smallest absolute Gasteiger partial charge is 0.251 e. The van der Waals surface area contributed by atoms with Crippen molar-refractivity contribution in [3.8, 4) is 0 Å². The molecule has 0 saturated heterocycles. The molecule has 1 amide bonds. The number of nitrogens with one attached hydrogen (secondary N) is 1. The molecule has 1 aromatic heterocycles. The summed E-state index contributed by atoms with van der Waals surface area (Å²) in [5.41, 5.74) is 0.613. The van der Waals surface area contributed by atoms with E-state index in [1.807, 2.05) is 25.1 Å². The fourth-order valence-corrected chi connectivity index (χ4v) is 1.89. The second-order valence-electron chi connectivity index (χ2n) is 4.51. The van der Waals surface area contributed by atoms with Gasteiger partial charge in [-0.25, -0.2) is 0 Å². The summed E-state index contributed by atoms with van der Waals surface area (Å²) >= 11 is 0. The predicted octanol–water partition coefficient (Wildman–Crippen LogP) is 2.52. The molecule has 0 radical (unpaired) electrons. The Bertz CT molecular complexity index is 507. The van der Waals surface area contributed by atoms with Crippen molar-refractivity contribution < 1.29 is 14.3 Å². The molecule has 1 aromatic carbocycles. The predicted molar refractivity (Wildman–Crippen MR) is 71.7 cm³/mol. The van der Waals surface area contributed by atoms with Crippen molar-refractivity contribution in [2.45, 2.75) is 25.5 Å². The van der Waals surface area contributed by atoms with Crippen molar-refractivity contribution in [2.75, 3.05) is 0 Å². The minimum atomic E-state index is -0.707. The summed E-state index contributed by atoms with van der Waals surface area (Å²) in [4.78, 5) is 11.9. The van der Waals surface area contributed by atoms with E-state index in [4.69, 9.17) is 4.42 Å². The van der Waals surface area contributed by atoms with Gasteiger partial charge in [0.15, 0.2) is 0 Å². The Morgan fingerprint density at radius 2 is 2.00 bits per heavy atom. The number of benzene rings is 1. The normalized spacial score (nSPS) is 13.8. The Morgan fingerprint density at radius 3 is 2.63 bits per heavy atom. The van der Waals surface area contributed by atoms with Crippen LogP contribution >= 0.6 is 0 Å². The lowest BCUT2D eigenvalue weighted by Gasteiger charge is -2.16. The van der Waals surface area contributed by atoms with Crippen LogP contribution in [-0.2, 0) is 0 Å². The molecular weight excluding hydrogens is 242 g/mol. The molecule has 0 spiro atoms. The molecule has 4 nitrogen and oxygen atoms in total. The van der Waals surface area contributed by atoms with E-state index in [1.54, 1.807) is 24.3 Å². The summed E-state index contributed by atoms with van der Waals surface area (Å²) in [6.07, 6.45) is 1.22. The lowest BCUT2D eigenvalue weighted by Crippen LogP contribution is -2.33. The molecule has 1 heterocycles. The van der Waals surface area contributed by atoms with E-state index in [1.165, 1.54) is 6.26 Å². The number of aliphatic hydroxyl groups is 1. The molecule has 0 aliphatic heterocycles. The van der Waals surface area contributed by atoms with Crippen molar-refractivity contribution in [2.24, 2.45) is 0 Å². The van der Waals surface area contributed by atoms with Gasteiger partial charge >= 0.3 is 0 Å². The van der Waals surface area contributed by atoms with Crippen LogP contribution in [0.15, 0.2) is 53.1 Å². The average molecular weight is 259 g/mol. The van der Waals surface area contributed by atoms with Crippen molar-refractivity contribution in [3.63, 3.8) is 0 Å². The van der Waals surface area contributed by atoms with Gasteiger partial charge < -0.3 is 14.8 Å². The van der Waals surface area contributed by atoms with E-state index < -0.39 is 6.10 Å². The Balaban J connectivity index is 1.88. The molecular formula is C15H17NO3. The first-order chi connectivity index (χ1) is 9.16. The lowest BCUT2D eigenvalue weighted by atomic mass is 10.1.